The van der Waals surface area contributed by atoms with Gasteiger partial charge in [0, 0.05) is 23.9 Å². The van der Waals surface area contributed by atoms with Crippen LogP contribution in [0.15, 0.2) is 52.3 Å². The molecule has 0 saturated heterocycles. The van der Waals surface area contributed by atoms with Gasteiger partial charge in [-0.15, -0.1) is 0 Å². The van der Waals surface area contributed by atoms with E-state index in [1.165, 1.54) is 17.4 Å². The average molecular weight is 448 g/mol. The molecule has 9 nitrogen and oxygen atoms in total. The first-order valence-corrected chi connectivity index (χ1v) is 10.9. The van der Waals surface area contributed by atoms with Crippen molar-refractivity contribution in [2.75, 3.05) is 25.6 Å². The van der Waals surface area contributed by atoms with Crippen LogP contribution in [0.3, 0.4) is 0 Å². The van der Waals surface area contributed by atoms with Crippen LogP contribution in [0.4, 0.5) is 5.69 Å². The molecule has 0 bridgehead atoms. The maximum Gasteiger partial charge on any atom is 0.359 e. The Morgan fingerprint density at radius 2 is 2.15 bits per heavy atom. The first-order chi connectivity index (χ1) is 16.1. The van der Waals surface area contributed by atoms with Crippen LogP contribution in [0.25, 0.3) is 11.1 Å². The topological polar surface area (TPSA) is 108 Å². The summed E-state index contributed by atoms with van der Waals surface area (Å²) < 4.78 is 21.7. The Kier molecular flexibility index (Phi) is 5.45. The van der Waals surface area contributed by atoms with Gasteiger partial charge in [0.2, 0.25) is 5.88 Å². The standard InChI is InChI=1S/C24H24N4O5/c1-3-31-22(29)24(19-10-12-32-28-19)14-26-23(33-24)27-21-17-6-4-5-15(17)7-8-18(21)16-9-11-25-20(13-16)30-2/h7-13H,3-6,14H2,1-2H3,(H,26,27). The van der Waals surface area contributed by atoms with Crippen molar-refractivity contribution in [1.29, 1.82) is 0 Å². The summed E-state index contributed by atoms with van der Waals surface area (Å²) in [5.41, 5.74) is 4.15. The summed E-state index contributed by atoms with van der Waals surface area (Å²) in [6, 6.07) is 9.87. The minimum atomic E-state index is -1.48. The van der Waals surface area contributed by atoms with E-state index in [9.17, 15) is 4.79 Å². The van der Waals surface area contributed by atoms with Gasteiger partial charge in [-0.3, -0.25) is 0 Å². The van der Waals surface area contributed by atoms with Gasteiger partial charge in [0.25, 0.3) is 11.6 Å². The molecule has 1 unspecified atom stereocenters. The average Bonchev–Trinajstić information content (AvgIpc) is 3.60. The number of anilines is 1. The number of fused-ring (bicyclic) bond motifs is 1. The highest BCUT2D eigenvalue weighted by Gasteiger charge is 2.51. The van der Waals surface area contributed by atoms with Crippen LogP contribution >= 0.6 is 0 Å². The van der Waals surface area contributed by atoms with Gasteiger partial charge in [-0.05, 0) is 48.9 Å². The Hall–Kier alpha value is -3.88. The number of hydrogen-bond donors (Lipinski definition) is 1. The lowest BCUT2D eigenvalue weighted by Gasteiger charge is -2.24. The lowest BCUT2D eigenvalue weighted by atomic mass is 9.98. The van der Waals surface area contributed by atoms with Crippen LogP contribution in [-0.2, 0) is 32.7 Å². The van der Waals surface area contributed by atoms with Gasteiger partial charge >= 0.3 is 5.97 Å². The minimum Gasteiger partial charge on any atom is -0.481 e. The summed E-state index contributed by atoms with van der Waals surface area (Å²) in [5, 5.41) is 7.29. The number of ether oxygens (including phenoxy) is 3. The number of aliphatic imine (C=N–C) groups is 1. The monoisotopic (exact) mass is 448 g/mol. The maximum atomic E-state index is 12.9. The van der Waals surface area contributed by atoms with Gasteiger partial charge in [-0.2, -0.15) is 0 Å². The smallest absolute Gasteiger partial charge is 0.359 e. The van der Waals surface area contributed by atoms with E-state index in [1.807, 2.05) is 12.1 Å². The van der Waals surface area contributed by atoms with Gasteiger partial charge < -0.3 is 24.1 Å². The molecule has 33 heavy (non-hydrogen) atoms. The number of carbonyl (C=O) groups excluding carboxylic acids is 1. The molecule has 0 fully saturated rings. The highest BCUT2D eigenvalue weighted by atomic mass is 16.6. The number of aromatic nitrogens is 2. The van der Waals surface area contributed by atoms with Crippen LogP contribution in [-0.4, -0.2) is 42.4 Å². The fourth-order valence-electron chi connectivity index (χ4n) is 4.34. The van der Waals surface area contributed by atoms with E-state index < -0.39 is 11.6 Å². The minimum absolute atomic E-state index is 0.0359. The molecular formula is C24H24N4O5. The first-order valence-electron chi connectivity index (χ1n) is 10.9. The zero-order chi connectivity index (χ0) is 22.8. The summed E-state index contributed by atoms with van der Waals surface area (Å²) in [6.45, 7) is 1.99. The van der Waals surface area contributed by atoms with Crippen molar-refractivity contribution in [3.63, 3.8) is 0 Å². The molecule has 1 aromatic carbocycles. The number of nitrogens with zero attached hydrogens (tertiary/aromatic N) is 3. The highest BCUT2D eigenvalue weighted by molar-refractivity contribution is 5.99. The largest absolute Gasteiger partial charge is 0.481 e. The van der Waals surface area contributed by atoms with Gasteiger partial charge in [-0.25, -0.2) is 14.8 Å². The van der Waals surface area contributed by atoms with Crippen LogP contribution in [0.5, 0.6) is 5.88 Å². The number of benzene rings is 1. The van der Waals surface area contributed by atoms with Crippen molar-refractivity contribution < 1.29 is 23.5 Å². The summed E-state index contributed by atoms with van der Waals surface area (Å²) >= 11 is 0. The number of rotatable bonds is 6. The molecule has 0 spiro atoms. The van der Waals surface area contributed by atoms with Crippen LogP contribution in [0.1, 0.15) is 30.2 Å². The molecule has 0 radical (unpaired) electrons. The lowest BCUT2D eigenvalue weighted by molar-refractivity contribution is -0.162. The third-order valence-electron chi connectivity index (χ3n) is 5.94. The number of methoxy groups -OCH3 is 1. The predicted octanol–water partition coefficient (Wildman–Crippen LogP) is 3.49. The van der Waals surface area contributed by atoms with E-state index in [0.717, 1.165) is 36.1 Å². The summed E-state index contributed by atoms with van der Waals surface area (Å²) in [4.78, 5) is 21.6. The van der Waals surface area contributed by atoms with E-state index in [2.05, 4.69) is 32.6 Å². The molecule has 1 N–H and O–H groups in total. The number of pyridine rings is 1. The Labute approximate surface area is 190 Å². The quantitative estimate of drug-likeness (QED) is 0.571. The molecule has 1 aliphatic heterocycles. The fraction of sp³-hybridized carbons (Fsp3) is 0.333. The zero-order valence-corrected chi connectivity index (χ0v) is 18.5. The van der Waals surface area contributed by atoms with Gasteiger partial charge in [0.1, 0.15) is 18.5 Å². The molecule has 0 amide bonds. The Morgan fingerprint density at radius 1 is 1.24 bits per heavy atom. The number of hydrogen-bond acceptors (Lipinski definition) is 9. The van der Waals surface area contributed by atoms with Crippen molar-refractivity contribution in [3.8, 4) is 17.0 Å². The Bertz CT molecular complexity index is 1210. The molecule has 170 valence electrons. The van der Waals surface area contributed by atoms with Crippen LogP contribution < -0.4 is 10.1 Å². The number of aryl methyl sites for hydroxylation is 1. The number of carbonyl (C=O) groups is 1. The van der Waals surface area contributed by atoms with Crippen molar-refractivity contribution in [3.05, 3.63) is 59.6 Å². The number of esters is 1. The third-order valence-corrected chi connectivity index (χ3v) is 5.94. The van der Waals surface area contributed by atoms with Gasteiger partial charge in [0.05, 0.1) is 19.4 Å². The molecule has 9 heteroatoms. The normalized spacial score (nSPS) is 18.9. The van der Waals surface area contributed by atoms with E-state index in [1.54, 1.807) is 26.3 Å². The van der Waals surface area contributed by atoms with Gasteiger partial charge in [-0.1, -0.05) is 17.3 Å². The van der Waals surface area contributed by atoms with Crippen molar-refractivity contribution >= 4 is 17.7 Å². The number of nitrogens with one attached hydrogen (secondary N) is 1. The Morgan fingerprint density at radius 3 is 2.94 bits per heavy atom. The van der Waals surface area contributed by atoms with E-state index >= 15 is 0 Å². The second-order valence-electron chi connectivity index (χ2n) is 7.85. The second kappa shape index (κ2) is 8.57. The van der Waals surface area contributed by atoms with Crippen molar-refractivity contribution in [1.82, 2.24) is 10.1 Å². The predicted molar refractivity (Wildman–Crippen MR) is 120 cm³/mol. The number of amidine groups is 1. The fourth-order valence-corrected chi connectivity index (χ4v) is 4.34. The Balaban J connectivity index is 1.51. The summed E-state index contributed by atoms with van der Waals surface area (Å²) in [5.74, 6) is -0.0300. The van der Waals surface area contributed by atoms with Crippen LogP contribution in [0, 0.1) is 0 Å². The summed E-state index contributed by atoms with van der Waals surface area (Å²) in [6.07, 6.45) is 6.14. The third kappa shape index (κ3) is 3.69. The molecule has 1 atom stereocenters. The molecule has 2 aliphatic rings. The van der Waals surface area contributed by atoms with Crippen molar-refractivity contribution in [2.45, 2.75) is 31.8 Å². The molecule has 0 saturated carbocycles. The highest BCUT2D eigenvalue weighted by Crippen LogP contribution is 2.39. The van der Waals surface area contributed by atoms with Crippen molar-refractivity contribution in [2.24, 2.45) is 4.99 Å². The second-order valence-corrected chi connectivity index (χ2v) is 7.85. The summed E-state index contributed by atoms with van der Waals surface area (Å²) in [7, 11) is 1.59. The lowest BCUT2D eigenvalue weighted by Crippen LogP contribution is -2.42. The molecular weight excluding hydrogens is 424 g/mol. The van der Waals surface area contributed by atoms with Gasteiger partial charge in [0.15, 0.2) is 0 Å². The molecule has 3 aromatic rings. The molecule has 2 aromatic heterocycles. The zero-order valence-electron chi connectivity index (χ0n) is 18.5. The van der Waals surface area contributed by atoms with E-state index in [-0.39, 0.29) is 19.2 Å². The maximum absolute atomic E-state index is 12.9. The molecule has 1 aliphatic carbocycles. The van der Waals surface area contributed by atoms with E-state index in [0.29, 0.717) is 11.6 Å². The van der Waals surface area contributed by atoms with E-state index in [4.69, 9.17) is 18.7 Å². The molecule has 5 rings (SSSR count). The van der Waals surface area contributed by atoms with Crippen LogP contribution in [0.2, 0.25) is 0 Å². The molecule has 3 heterocycles. The first kappa shape index (κ1) is 21.0. The SMILES string of the molecule is CCOC(=O)C1(c2ccon2)CN=C(Nc2c(-c3ccnc(OC)c3)ccc3c2CCC3)O1.